The minimum absolute atomic E-state index is 0.146. The second-order valence-corrected chi connectivity index (χ2v) is 14.7. The maximum atomic E-state index is 5.06. The molecule has 0 N–H and O–H groups in total. The Morgan fingerprint density at radius 2 is 0.759 bits per heavy atom. The van der Waals surface area contributed by atoms with Gasteiger partial charge in [-0.25, -0.2) is 15.0 Å². The SMILES string of the molecule is c1ccc(-c2cccc(-c3nc(-c4ccccc4)nc(-c4ccc(-c5cccc(-c6cccc7c6-c6ccccc6C76CCCCC6)c5)cc4)n3)c2)cc1. The average molecular weight is 694 g/mol. The molecule has 1 aromatic heterocycles. The van der Waals surface area contributed by atoms with Crippen molar-refractivity contribution in [3.63, 3.8) is 0 Å². The molecule has 7 aromatic carbocycles. The third kappa shape index (κ3) is 5.64. The lowest BCUT2D eigenvalue weighted by molar-refractivity contribution is 0.353. The molecule has 3 nitrogen and oxygen atoms in total. The Bertz CT molecular complexity index is 2620. The van der Waals surface area contributed by atoms with Crippen LogP contribution in [0.3, 0.4) is 0 Å². The Kier molecular flexibility index (Phi) is 8.06. The first-order chi connectivity index (χ1) is 26.7. The van der Waals surface area contributed by atoms with Crippen molar-refractivity contribution in [2.24, 2.45) is 0 Å². The maximum absolute atomic E-state index is 5.06. The molecule has 0 aliphatic heterocycles. The fourth-order valence-corrected chi connectivity index (χ4v) is 8.94. The summed E-state index contributed by atoms with van der Waals surface area (Å²) in [7, 11) is 0. The molecule has 54 heavy (non-hydrogen) atoms. The average Bonchev–Trinajstić information content (AvgIpc) is 3.53. The number of hydrogen-bond donors (Lipinski definition) is 0. The molecule has 0 radical (unpaired) electrons. The van der Waals surface area contributed by atoms with Crippen LogP contribution in [0.25, 0.3) is 78.7 Å². The summed E-state index contributed by atoms with van der Waals surface area (Å²) in [6, 6.07) is 62.9. The van der Waals surface area contributed by atoms with Gasteiger partial charge in [-0.2, -0.15) is 0 Å². The molecule has 8 aromatic rings. The van der Waals surface area contributed by atoms with Crippen molar-refractivity contribution in [3.8, 4) is 78.7 Å². The van der Waals surface area contributed by atoms with Crippen molar-refractivity contribution in [1.29, 1.82) is 0 Å². The molecule has 3 heteroatoms. The predicted octanol–water partition coefficient (Wildman–Crippen LogP) is 13.1. The Balaban J connectivity index is 1.02. The van der Waals surface area contributed by atoms with Crippen LogP contribution in [0.15, 0.2) is 176 Å². The van der Waals surface area contributed by atoms with Crippen LogP contribution in [-0.2, 0) is 5.41 Å². The van der Waals surface area contributed by atoms with Crippen LogP contribution >= 0.6 is 0 Å². The lowest BCUT2D eigenvalue weighted by atomic mass is 9.68. The predicted molar refractivity (Wildman–Crippen MR) is 222 cm³/mol. The highest BCUT2D eigenvalue weighted by Gasteiger charge is 2.44. The lowest BCUT2D eigenvalue weighted by Crippen LogP contribution is -2.27. The maximum Gasteiger partial charge on any atom is 0.164 e. The fraction of sp³-hybridized carbons (Fsp3) is 0.118. The second kappa shape index (κ2) is 13.5. The van der Waals surface area contributed by atoms with Crippen molar-refractivity contribution >= 4 is 0 Å². The smallest absolute Gasteiger partial charge is 0.164 e. The van der Waals surface area contributed by atoms with Gasteiger partial charge in [-0.15, -0.1) is 0 Å². The molecule has 0 bridgehead atoms. The highest BCUT2D eigenvalue weighted by atomic mass is 15.0. The Morgan fingerprint density at radius 3 is 1.46 bits per heavy atom. The van der Waals surface area contributed by atoms with Gasteiger partial charge < -0.3 is 0 Å². The van der Waals surface area contributed by atoms with Gasteiger partial charge in [0.25, 0.3) is 0 Å². The van der Waals surface area contributed by atoms with Gasteiger partial charge in [-0.3, -0.25) is 0 Å². The van der Waals surface area contributed by atoms with E-state index in [1.807, 2.05) is 24.3 Å². The molecule has 10 rings (SSSR count). The monoisotopic (exact) mass is 693 g/mol. The normalized spacial score (nSPS) is 14.1. The zero-order valence-electron chi connectivity index (χ0n) is 30.1. The van der Waals surface area contributed by atoms with E-state index in [0.29, 0.717) is 17.5 Å². The molecule has 0 atom stereocenters. The molecule has 1 spiro atoms. The highest BCUT2D eigenvalue weighted by molar-refractivity contribution is 5.93. The quantitative estimate of drug-likeness (QED) is 0.174. The van der Waals surface area contributed by atoms with Crippen LogP contribution in [-0.4, -0.2) is 15.0 Å². The Morgan fingerprint density at radius 1 is 0.315 bits per heavy atom. The van der Waals surface area contributed by atoms with Crippen molar-refractivity contribution in [3.05, 3.63) is 187 Å². The van der Waals surface area contributed by atoms with Gasteiger partial charge in [0.1, 0.15) is 0 Å². The van der Waals surface area contributed by atoms with Crippen LogP contribution in [0.4, 0.5) is 0 Å². The molecule has 0 saturated heterocycles. The molecule has 258 valence electrons. The molecule has 1 fully saturated rings. The van der Waals surface area contributed by atoms with E-state index in [9.17, 15) is 0 Å². The number of aromatic nitrogens is 3. The van der Waals surface area contributed by atoms with Gasteiger partial charge in [0.2, 0.25) is 0 Å². The van der Waals surface area contributed by atoms with Crippen LogP contribution in [0.2, 0.25) is 0 Å². The van der Waals surface area contributed by atoms with E-state index >= 15 is 0 Å². The highest BCUT2D eigenvalue weighted by Crippen LogP contribution is 2.57. The first-order valence-electron chi connectivity index (χ1n) is 19.2. The first-order valence-corrected chi connectivity index (χ1v) is 19.2. The Labute approximate surface area is 317 Å². The summed E-state index contributed by atoms with van der Waals surface area (Å²) >= 11 is 0. The summed E-state index contributed by atoms with van der Waals surface area (Å²) in [5.74, 6) is 1.96. The molecule has 0 amide bonds. The van der Waals surface area contributed by atoms with Gasteiger partial charge in [-0.1, -0.05) is 183 Å². The largest absolute Gasteiger partial charge is 0.208 e. The summed E-state index contributed by atoms with van der Waals surface area (Å²) in [5.41, 5.74) is 16.1. The molecule has 1 saturated carbocycles. The zero-order valence-corrected chi connectivity index (χ0v) is 30.1. The van der Waals surface area contributed by atoms with Gasteiger partial charge in [0, 0.05) is 22.1 Å². The standard InChI is InChI=1S/C51H39N3/c1-4-15-35(16-5-1)40-20-13-22-42(34-40)50-53-48(37-17-6-2-7-18-37)52-49(54-50)38-29-27-36(28-30-38)39-19-12-21-41(33-39)43-24-14-26-46-47(43)44-23-8-9-25-45(44)51(46)31-10-3-11-32-51/h1-2,4-9,12-30,33-34H,3,10-11,31-32H2. The minimum atomic E-state index is 0.146. The van der Waals surface area contributed by atoms with Crippen LogP contribution in [0.5, 0.6) is 0 Å². The summed E-state index contributed by atoms with van der Waals surface area (Å²) in [6.45, 7) is 0. The third-order valence-corrected chi connectivity index (χ3v) is 11.5. The topological polar surface area (TPSA) is 38.7 Å². The van der Waals surface area contributed by atoms with Crippen molar-refractivity contribution in [2.45, 2.75) is 37.5 Å². The van der Waals surface area contributed by atoms with Crippen molar-refractivity contribution in [1.82, 2.24) is 15.0 Å². The summed E-state index contributed by atoms with van der Waals surface area (Å²) in [5, 5.41) is 0. The molecular formula is C51H39N3. The zero-order chi connectivity index (χ0) is 35.9. The van der Waals surface area contributed by atoms with E-state index in [1.165, 1.54) is 71.0 Å². The van der Waals surface area contributed by atoms with Gasteiger partial charge >= 0.3 is 0 Å². The number of hydrogen-bond acceptors (Lipinski definition) is 3. The van der Waals surface area contributed by atoms with Gasteiger partial charge in [0.15, 0.2) is 17.5 Å². The molecule has 2 aliphatic carbocycles. The van der Waals surface area contributed by atoms with E-state index in [-0.39, 0.29) is 5.41 Å². The second-order valence-electron chi connectivity index (χ2n) is 14.7. The van der Waals surface area contributed by atoms with Crippen LogP contribution < -0.4 is 0 Å². The van der Waals surface area contributed by atoms with Crippen molar-refractivity contribution in [2.75, 3.05) is 0 Å². The minimum Gasteiger partial charge on any atom is -0.208 e. The number of nitrogens with zero attached hydrogens (tertiary/aromatic N) is 3. The number of fused-ring (bicyclic) bond motifs is 5. The molecule has 2 aliphatic rings. The van der Waals surface area contributed by atoms with E-state index < -0.39 is 0 Å². The van der Waals surface area contributed by atoms with Gasteiger partial charge in [-0.05, 0) is 80.6 Å². The Hall–Kier alpha value is -6.45. The molecular weight excluding hydrogens is 655 g/mol. The van der Waals surface area contributed by atoms with Crippen LogP contribution in [0.1, 0.15) is 43.2 Å². The number of benzene rings is 7. The van der Waals surface area contributed by atoms with Gasteiger partial charge in [0.05, 0.1) is 0 Å². The number of rotatable bonds is 6. The van der Waals surface area contributed by atoms with E-state index in [0.717, 1.165) is 33.4 Å². The third-order valence-electron chi connectivity index (χ3n) is 11.5. The first kappa shape index (κ1) is 32.2. The summed E-state index contributed by atoms with van der Waals surface area (Å²) in [4.78, 5) is 15.0. The molecule has 0 unspecified atom stereocenters. The van der Waals surface area contributed by atoms with E-state index in [4.69, 9.17) is 15.0 Å². The van der Waals surface area contributed by atoms with Crippen molar-refractivity contribution < 1.29 is 0 Å². The fourth-order valence-electron chi connectivity index (χ4n) is 8.94. The summed E-state index contributed by atoms with van der Waals surface area (Å²) < 4.78 is 0. The molecule has 1 heterocycles. The van der Waals surface area contributed by atoms with E-state index in [2.05, 4.69) is 152 Å². The lowest BCUT2D eigenvalue weighted by Gasteiger charge is -2.36. The summed E-state index contributed by atoms with van der Waals surface area (Å²) in [6.07, 6.45) is 6.41. The van der Waals surface area contributed by atoms with Crippen LogP contribution in [0, 0.1) is 0 Å². The van der Waals surface area contributed by atoms with E-state index in [1.54, 1.807) is 0 Å².